The van der Waals surface area contributed by atoms with Crippen LogP contribution in [-0.2, 0) is 29.9 Å². The van der Waals surface area contributed by atoms with E-state index in [2.05, 4.69) is 9.82 Å². The second-order valence-corrected chi connectivity index (χ2v) is 6.42. The summed E-state index contributed by atoms with van der Waals surface area (Å²) in [5.74, 6) is 0. The maximum Gasteiger partial charge on any atom is 0.262 e. The molecule has 0 spiro atoms. The highest BCUT2D eigenvalue weighted by Gasteiger charge is 2.17. The van der Waals surface area contributed by atoms with Crippen molar-refractivity contribution < 1.29 is 13.5 Å². The fourth-order valence-electron chi connectivity index (χ4n) is 2.05. The molecule has 1 aromatic heterocycles. The van der Waals surface area contributed by atoms with Gasteiger partial charge in [0.15, 0.2) is 0 Å². The van der Waals surface area contributed by atoms with E-state index in [9.17, 15) is 8.42 Å². The molecule has 0 aliphatic rings. The van der Waals surface area contributed by atoms with E-state index in [0.29, 0.717) is 24.2 Å². The van der Waals surface area contributed by atoms with Crippen molar-refractivity contribution in [2.75, 3.05) is 11.3 Å². The van der Waals surface area contributed by atoms with Crippen LogP contribution < -0.4 is 4.72 Å². The Bertz CT molecular complexity index is 706. The molecule has 0 saturated heterocycles. The van der Waals surface area contributed by atoms with Crippen LogP contribution in [0.15, 0.2) is 35.4 Å². The second kappa shape index (κ2) is 6.28. The van der Waals surface area contributed by atoms with Gasteiger partial charge in [-0.3, -0.25) is 9.40 Å². The summed E-state index contributed by atoms with van der Waals surface area (Å²) in [5, 5.41) is 13.1. The highest BCUT2D eigenvalue weighted by Crippen LogP contribution is 2.20. The Hall–Kier alpha value is -1.86. The molecule has 7 heteroatoms. The van der Waals surface area contributed by atoms with Gasteiger partial charge in [0.1, 0.15) is 0 Å². The van der Waals surface area contributed by atoms with Gasteiger partial charge in [-0.1, -0.05) is 19.1 Å². The largest absolute Gasteiger partial charge is 0.396 e. The van der Waals surface area contributed by atoms with Crippen LogP contribution in [-0.4, -0.2) is 29.9 Å². The third-order valence-corrected chi connectivity index (χ3v) is 4.50. The second-order valence-electron chi connectivity index (χ2n) is 4.74. The van der Waals surface area contributed by atoms with Gasteiger partial charge in [-0.2, -0.15) is 5.10 Å². The van der Waals surface area contributed by atoms with Crippen molar-refractivity contribution in [1.82, 2.24) is 9.78 Å². The number of hydrogen-bond donors (Lipinski definition) is 2. The zero-order valence-electron chi connectivity index (χ0n) is 12.1. The highest BCUT2D eigenvalue weighted by molar-refractivity contribution is 7.92. The quantitative estimate of drug-likeness (QED) is 0.843. The van der Waals surface area contributed by atoms with Crippen molar-refractivity contribution in [3.63, 3.8) is 0 Å². The molecule has 114 valence electrons. The van der Waals surface area contributed by atoms with Gasteiger partial charge in [0.05, 0.1) is 16.3 Å². The van der Waals surface area contributed by atoms with E-state index in [-0.39, 0.29) is 11.5 Å². The van der Waals surface area contributed by atoms with Gasteiger partial charge in [0, 0.05) is 19.9 Å². The molecule has 0 fully saturated rings. The van der Waals surface area contributed by atoms with Crippen molar-refractivity contribution in [2.24, 2.45) is 7.05 Å². The van der Waals surface area contributed by atoms with Crippen LogP contribution in [0.3, 0.4) is 0 Å². The Labute approximate surface area is 124 Å². The van der Waals surface area contributed by atoms with E-state index in [1.54, 1.807) is 30.1 Å². The molecule has 2 N–H and O–H groups in total. The first-order valence-corrected chi connectivity index (χ1v) is 8.19. The zero-order valence-corrected chi connectivity index (χ0v) is 12.9. The van der Waals surface area contributed by atoms with Crippen LogP contribution >= 0.6 is 0 Å². The summed E-state index contributed by atoms with van der Waals surface area (Å²) in [7, 11) is -1.88. The smallest absolute Gasteiger partial charge is 0.262 e. The molecule has 21 heavy (non-hydrogen) atoms. The monoisotopic (exact) mass is 309 g/mol. The Morgan fingerprint density at radius 1 is 1.29 bits per heavy atom. The fraction of sp³-hybridized carbons (Fsp3) is 0.357. The van der Waals surface area contributed by atoms with Gasteiger partial charge < -0.3 is 5.11 Å². The van der Waals surface area contributed by atoms with Gasteiger partial charge in [-0.15, -0.1) is 0 Å². The molecule has 1 aromatic carbocycles. The maximum atomic E-state index is 12.4. The molecule has 0 aliphatic carbocycles. The van der Waals surface area contributed by atoms with E-state index in [1.807, 2.05) is 6.92 Å². The summed E-state index contributed by atoms with van der Waals surface area (Å²) in [4.78, 5) is 0.190. The van der Waals surface area contributed by atoms with Crippen LogP contribution in [0.5, 0.6) is 0 Å². The Kier molecular flexibility index (Phi) is 4.64. The van der Waals surface area contributed by atoms with E-state index in [1.165, 1.54) is 12.1 Å². The maximum absolute atomic E-state index is 12.4. The number of aliphatic hydroxyl groups excluding tert-OH is 1. The lowest BCUT2D eigenvalue weighted by molar-refractivity contribution is 0.299. The molecular formula is C14H19N3O3S. The lowest BCUT2D eigenvalue weighted by Crippen LogP contribution is -2.13. The SMILES string of the molecule is CCc1nn(C)cc1NS(=O)(=O)c1ccc(CCO)cc1. The molecule has 0 atom stereocenters. The normalized spacial score (nSPS) is 11.6. The molecule has 0 aliphatic heterocycles. The number of rotatable bonds is 6. The van der Waals surface area contributed by atoms with E-state index >= 15 is 0 Å². The van der Waals surface area contributed by atoms with Crippen LogP contribution in [0.1, 0.15) is 18.2 Å². The number of aryl methyl sites for hydroxylation is 2. The van der Waals surface area contributed by atoms with Crippen molar-refractivity contribution >= 4 is 15.7 Å². The molecule has 1 heterocycles. The Morgan fingerprint density at radius 3 is 2.52 bits per heavy atom. The lowest BCUT2D eigenvalue weighted by Gasteiger charge is -2.08. The van der Waals surface area contributed by atoms with Gasteiger partial charge >= 0.3 is 0 Å². The Morgan fingerprint density at radius 2 is 1.95 bits per heavy atom. The first kappa shape index (κ1) is 15.5. The minimum absolute atomic E-state index is 0.0416. The van der Waals surface area contributed by atoms with Crippen molar-refractivity contribution in [3.8, 4) is 0 Å². The number of sulfonamides is 1. The lowest BCUT2D eigenvalue weighted by atomic mass is 10.2. The average Bonchev–Trinajstić information content (AvgIpc) is 2.79. The topological polar surface area (TPSA) is 84.2 Å². The molecule has 6 nitrogen and oxygen atoms in total. The molecule has 0 radical (unpaired) electrons. The molecule has 2 rings (SSSR count). The van der Waals surface area contributed by atoms with E-state index in [4.69, 9.17) is 5.11 Å². The number of anilines is 1. The third kappa shape index (κ3) is 3.62. The molecule has 0 unspecified atom stereocenters. The fourth-order valence-corrected chi connectivity index (χ4v) is 3.12. The predicted octanol–water partition coefficient (Wildman–Crippen LogP) is 1.32. The summed E-state index contributed by atoms with van der Waals surface area (Å²) in [5.41, 5.74) is 2.10. The van der Waals surface area contributed by atoms with Crippen LogP contribution in [0.2, 0.25) is 0 Å². The van der Waals surface area contributed by atoms with Gasteiger partial charge in [0.25, 0.3) is 10.0 Å². The number of aliphatic hydroxyl groups is 1. The average molecular weight is 309 g/mol. The standard InChI is InChI=1S/C14H19N3O3S/c1-3-13-14(10-17(2)15-13)16-21(19,20)12-6-4-11(5-7-12)8-9-18/h4-7,10,16,18H,3,8-9H2,1-2H3. The summed E-state index contributed by atoms with van der Waals surface area (Å²) in [6.45, 7) is 1.96. The molecule has 2 aromatic rings. The first-order chi connectivity index (χ1) is 9.96. The number of hydrogen-bond acceptors (Lipinski definition) is 4. The number of aromatic nitrogens is 2. The summed E-state index contributed by atoms with van der Waals surface area (Å²) < 4.78 is 28.9. The van der Waals surface area contributed by atoms with Crippen LogP contribution in [0, 0.1) is 0 Å². The van der Waals surface area contributed by atoms with Gasteiger partial charge in [-0.25, -0.2) is 8.42 Å². The van der Waals surface area contributed by atoms with Crippen molar-refractivity contribution in [3.05, 3.63) is 41.7 Å². The summed E-state index contributed by atoms with van der Waals surface area (Å²) >= 11 is 0. The van der Waals surface area contributed by atoms with Crippen LogP contribution in [0.25, 0.3) is 0 Å². The van der Waals surface area contributed by atoms with Crippen molar-refractivity contribution in [1.29, 1.82) is 0 Å². The first-order valence-electron chi connectivity index (χ1n) is 6.71. The number of benzene rings is 1. The van der Waals surface area contributed by atoms with Gasteiger partial charge in [0.2, 0.25) is 0 Å². The summed E-state index contributed by atoms with van der Waals surface area (Å²) in [6.07, 6.45) is 2.81. The molecular weight excluding hydrogens is 290 g/mol. The number of nitrogens with zero attached hydrogens (tertiary/aromatic N) is 2. The Balaban J connectivity index is 2.25. The highest BCUT2D eigenvalue weighted by atomic mass is 32.2. The molecule has 0 bridgehead atoms. The van der Waals surface area contributed by atoms with Crippen molar-refractivity contribution in [2.45, 2.75) is 24.7 Å². The minimum Gasteiger partial charge on any atom is -0.396 e. The minimum atomic E-state index is -3.63. The molecule has 0 amide bonds. The number of nitrogens with one attached hydrogen (secondary N) is 1. The van der Waals surface area contributed by atoms with Crippen LogP contribution in [0.4, 0.5) is 5.69 Å². The van der Waals surface area contributed by atoms with E-state index in [0.717, 1.165) is 5.56 Å². The predicted molar refractivity (Wildman–Crippen MR) is 80.6 cm³/mol. The molecule has 0 saturated carbocycles. The summed E-state index contributed by atoms with van der Waals surface area (Å²) in [6, 6.07) is 6.48. The zero-order chi connectivity index (χ0) is 15.5. The van der Waals surface area contributed by atoms with Gasteiger partial charge in [-0.05, 0) is 30.5 Å². The third-order valence-electron chi connectivity index (χ3n) is 3.12. The van der Waals surface area contributed by atoms with E-state index < -0.39 is 10.0 Å².